The number of ether oxygens (including phenoxy) is 3. The molecule has 188 valence electrons. The summed E-state index contributed by atoms with van der Waals surface area (Å²) in [6, 6.07) is 11.3. The first kappa shape index (κ1) is 26.2. The lowest BCUT2D eigenvalue weighted by Crippen LogP contribution is -2.07. The molecule has 3 aromatic rings. The number of tetrazole rings is 1. The molecule has 0 atom stereocenters. The largest absolute Gasteiger partial charge is 0.493 e. The maximum atomic E-state index is 12.2. The van der Waals surface area contributed by atoms with E-state index in [4.69, 9.17) is 14.2 Å². The van der Waals surface area contributed by atoms with E-state index >= 15 is 0 Å². The molecule has 0 aliphatic carbocycles. The van der Waals surface area contributed by atoms with E-state index in [0.717, 1.165) is 61.8 Å². The summed E-state index contributed by atoms with van der Waals surface area (Å²) in [5, 5.41) is 12.5. The molecule has 2 aromatic carbocycles. The SMILES string of the molecule is CCCCOc1cc(OCCCC)c(-c2nnnn2CCCC)cc1-c1cccc(C(=O)OC)c1. The van der Waals surface area contributed by atoms with Gasteiger partial charge in [-0.25, -0.2) is 9.48 Å². The van der Waals surface area contributed by atoms with Gasteiger partial charge in [0.05, 0.1) is 31.5 Å². The number of aryl methyl sites for hydroxylation is 1. The second-order valence-corrected chi connectivity index (χ2v) is 8.40. The molecule has 0 unspecified atom stereocenters. The lowest BCUT2D eigenvalue weighted by molar-refractivity contribution is 0.0600. The van der Waals surface area contributed by atoms with Crippen LogP contribution >= 0.6 is 0 Å². The normalized spacial score (nSPS) is 10.9. The number of nitrogens with zero attached hydrogens (tertiary/aromatic N) is 4. The minimum Gasteiger partial charge on any atom is -0.493 e. The van der Waals surface area contributed by atoms with Crippen LogP contribution < -0.4 is 9.47 Å². The summed E-state index contributed by atoms with van der Waals surface area (Å²) in [4.78, 5) is 12.2. The van der Waals surface area contributed by atoms with Crippen LogP contribution in [-0.2, 0) is 11.3 Å². The van der Waals surface area contributed by atoms with E-state index in [1.54, 1.807) is 6.07 Å². The molecule has 0 spiro atoms. The third-order valence-corrected chi connectivity index (χ3v) is 5.68. The van der Waals surface area contributed by atoms with Crippen molar-refractivity contribution in [2.75, 3.05) is 20.3 Å². The smallest absolute Gasteiger partial charge is 0.337 e. The first-order chi connectivity index (χ1) is 17.1. The van der Waals surface area contributed by atoms with Gasteiger partial charge >= 0.3 is 5.97 Å². The Balaban J connectivity index is 2.16. The Morgan fingerprint density at radius 3 is 2.23 bits per heavy atom. The van der Waals surface area contributed by atoms with Crippen LogP contribution in [0.5, 0.6) is 11.5 Å². The average Bonchev–Trinajstić information content (AvgIpc) is 3.35. The van der Waals surface area contributed by atoms with Crippen molar-refractivity contribution in [3.8, 4) is 34.0 Å². The van der Waals surface area contributed by atoms with E-state index in [1.807, 2.05) is 35.0 Å². The number of benzene rings is 2. The zero-order chi connectivity index (χ0) is 25.0. The van der Waals surface area contributed by atoms with Crippen molar-refractivity contribution in [2.24, 2.45) is 0 Å². The van der Waals surface area contributed by atoms with Crippen LogP contribution in [0.2, 0.25) is 0 Å². The fraction of sp³-hybridized carbons (Fsp3) is 0.481. The Kier molecular flexibility index (Phi) is 10.1. The second-order valence-electron chi connectivity index (χ2n) is 8.40. The molecular formula is C27H36N4O4. The predicted molar refractivity (Wildman–Crippen MR) is 136 cm³/mol. The van der Waals surface area contributed by atoms with Gasteiger partial charge in [0, 0.05) is 18.2 Å². The van der Waals surface area contributed by atoms with E-state index < -0.39 is 0 Å². The number of rotatable bonds is 14. The van der Waals surface area contributed by atoms with Gasteiger partial charge in [0.1, 0.15) is 11.5 Å². The molecule has 0 saturated carbocycles. The van der Waals surface area contributed by atoms with Crippen LogP contribution in [0.3, 0.4) is 0 Å². The van der Waals surface area contributed by atoms with Crippen LogP contribution in [0.15, 0.2) is 36.4 Å². The van der Waals surface area contributed by atoms with Crippen molar-refractivity contribution >= 4 is 5.97 Å². The topological polar surface area (TPSA) is 88.4 Å². The molecular weight excluding hydrogens is 444 g/mol. The van der Waals surface area contributed by atoms with Gasteiger partial charge in [-0.2, -0.15) is 0 Å². The van der Waals surface area contributed by atoms with Gasteiger partial charge in [0.25, 0.3) is 0 Å². The predicted octanol–water partition coefficient (Wildman–Crippen LogP) is 5.95. The molecule has 3 rings (SSSR count). The van der Waals surface area contributed by atoms with Gasteiger partial charge < -0.3 is 14.2 Å². The van der Waals surface area contributed by atoms with Crippen molar-refractivity contribution < 1.29 is 19.0 Å². The molecule has 0 aliphatic heterocycles. The summed E-state index contributed by atoms with van der Waals surface area (Å²) >= 11 is 0. The zero-order valence-electron chi connectivity index (χ0n) is 21.2. The lowest BCUT2D eigenvalue weighted by Gasteiger charge is -2.18. The number of carbonyl (C=O) groups is 1. The fourth-order valence-corrected chi connectivity index (χ4v) is 3.64. The second kappa shape index (κ2) is 13.5. The van der Waals surface area contributed by atoms with Crippen molar-refractivity contribution in [1.29, 1.82) is 0 Å². The molecule has 1 aromatic heterocycles. The molecule has 0 saturated heterocycles. The summed E-state index contributed by atoms with van der Waals surface area (Å²) in [6.45, 7) is 8.29. The van der Waals surface area contributed by atoms with Crippen LogP contribution in [0.1, 0.15) is 69.7 Å². The van der Waals surface area contributed by atoms with Crippen LogP contribution in [0.4, 0.5) is 0 Å². The van der Waals surface area contributed by atoms with Gasteiger partial charge in [0.2, 0.25) is 0 Å². The average molecular weight is 481 g/mol. The van der Waals surface area contributed by atoms with Gasteiger partial charge in [-0.1, -0.05) is 52.2 Å². The Labute approximate surface area is 207 Å². The van der Waals surface area contributed by atoms with Crippen molar-refractivity contribution in [1.82, 2.24) is 20.2 Å². The van der Waals surface area contributed by atoms with Crippen LogP contribution in [0.25, 0.3) is 22.5 Å². The first-order valence-electron chi connectivity index (χ1n) is 12.5. The van der Waals surface area contributed by atoms with E-state index in [-0.39, 0.29) is 5.97 Å². The molecule has 8 nitrogen and oxygen atoms in total. The maximum absolute atomic E-state index is 12.2. The van der Waals surface area contributed by atoms with E-state index in [1.165, 1.54) is 7.11 Å². The maximum Gasteiger partial charge on any atom is 0.337 e. The quantitative estimate of drug-likeness (QED) is 0.208. The highest BCUT2D eigenvalue weighted by atomic mass is 16.5. The molecule has 0 bridgehead atoms. The van der Waals surface area contributed by atoms with E-state index in [9.17, 15) is 4.79 Å². The lowest BCUT2D eigenvalue weighted by atomic mass is 9.98. The van der Waals surface area contributed by atoms with Gasteiger partial charge in [-0.3, -0.25) is 0 Å². The Morgan fingerprint density at radius 2 is 1.57 bits per heavy atom. The molecule has 8 heteroatoms. The third-order valence-electron chi connectivity index (χ3n) is 5.68. The zero-order valence-corrected chi connectivity index (χ0v) is 21.2. The van der Waals surface area contributed by atoms with E-state index in [0.29, 0.717) is 36.1 Å². The number of esters is 1. The van der Waals surface area contributed by atoms with Crippen molar-refractivity contribution in [3.05, 3.63) is 42.0 Å². The fourth-order valence-electron chi connectivity index (χ4n) is 3.64. The monoisotopic (exact) mass is 480 g/mol. The highest BCUT2D eigenvalue weighted by Crippen LogP contribution is 2.41. The minimum atomic E-state index is -0.386. The van der Waals surface area contributed by atoms with E-state index in [2.05, 4.69) is 36.3 Å². The van der Waals surface area contributed by atoms with Crippen LogP contribution in [-0.4, -0.2) is 46.5 Å². The van der Waals surface area contributed by atoms with Crippen LogP contribution in [0, 0.1) is 0 Å². The highest BCUT2D eigenvalue weighted by Gasteiger charge is 2.20. The number of carbonyl (C=O) groups excluding carboxylic acids is 1. The van der Waals surface area contributed by atoms with Gasteiger partial charge in [0.15, 0.2) is 5.82 Å². The number of aromatic nitrogens is 4. The summed E-state index contributed by atoms with van der Waals surface area (Å²) in [7, 11) is 1.38. The standard InChI is InChI=1S/C27H36N4O4/c1-5-8-14-31-26(28-29-30-31)23-18-22(20-12-11-13-21(17-20)27(32)33-4)24(34-15-9-6-2)19-25(23)35-16-10-7-3/h11-13,17-19H,5-10,14-16H2,1-4H3. The molecule has 0 radical (unpaired) electrons. The van der Waals surface area contributed by atoms with Gasteiger partial charge in [-0.05, 0) is 53.5 Å². The Hall–Kier alpha value is -3.42. The summed E-state index contributed by atoms with van der Waals surface area (Å²) < 4.78 is 19.2. The third kappa shape index (κ3) is 6.81. The minimum absolute atomic E-state index is 0.386. The molecule has 0 aliphatic rings. The molecule has 1 heterocycles. The first-order valence-corrected chi connectivity index (χ1v) is 12.5. The number of unbranched alkanes of at least 4 members (excludes halogenated alkanes) is 3. The molecule has 0 amide bonds. The van der Waals surface area contributed by atoms with Gasteiger partial charge in [-0.15, -0.1) is 5.10 Å². The summed E-state index contributed by atoms with van der Waals surface area (Å²) in [5.74, 6) is 1.65. The van der Waals surface area contributed by atoms with Crippen molar-refractivity contribution in [2.45, 2.75) is 65.8 Å². The summed E-state index contributed by atoms with van der Waals surface area (Å²) in [6.07, 6.45) is 5.93. The Bertz CT molecular complexity index is 1100. The number of methoxy groups -OCH3 is 1. The molecule has 0 fully saturated rings. The number of hydrogen-bond donors (Lipinski definition) is 0. The highest BCUT2D eigenvalue weighted by molar-refractivity contribution is 5.91. The molecule has 35 heavy (non-hydrogen) atoms. The van der Waals surface area contributed by atoms with Crippen molar-refractivity contribution in [3.63, 3.8) is 0 Å². The number of hydrogen-bond acceptors (Lipinski definition) is 7. The summed E-state index contributed by atoms with van der Waals surface area (Å²) in [5.41, 5.74) is 2.95. The molecule has 0 N–H and O–H groups in total. The Morgan fingerprint density at radius 1 is 0.886 bits per heavy atom.